The summed E-state index contributed by atoms with van der Waals surface area (Å²) in [5, 5.41) is 0. The SMILES string of the molecule is CCC(Br)C(=O)N(CC)C1CCCC1. The molecule has 0 radical (unpaired) electrons. The predicted octanol–water partition coefficient (Wildman–Crippen LogP) is 2.95. The number of carbonyl (C=O) groups is 1. The van der Waals surface area contributed by atoms with Gasteiger partial charge < -0.3 is 4.90 Å². The number of alkyl halides is 1. The van der Waals surface area contributed by atoms with Gasteiger partial charge in [-0.1, -0.05) is 35.7 Å². The summed E-state index contributed by atoms with van der Waals surface area (Å²) in [6.07, 6.45) is 5.84. The van der Waals surface area contributed by atoms with E-state index in [-0.39, 0.29) is 10.7 Å². The Kier molecular flexibility index (Phi) is 4.93. The summed E-state index contributed by atoms with van der Waals surface area (Å²) in [6.45, 7) is 4.97. The Morgan fingerprint density at radius 3 is 2.43 bits per heavy atom. The van der Waals surface area contributed by atoms with Crippen molar-refractivity contribution in [3.05, 3.63) is 0 Å². The molecule has 14 heavy (non-hydrogen) atoms. The summed E-state index contributed by atoms with van der Waals surface area (Å²) < 4.78 is 0. The molecule has 0 aromatic rings. The Hall–Kier alpha value is -0.0500. The van der Waals surface area contributed by atoms with E-state index in [1.807, 2.05) is 6.92 Å². The quantitative estimate of drug-likeness (QED) is 0.713. The summed E-state index contributed by atoms with van der Waals surface area (Å²) in [4.78, 5) is 14.0. The van der Waals surface area contributed by atoms with Crippen LogP contribution in [-0.2, 0) is 4.79 Å². The lowest BCUT2D eigenvalue weighted by Crippen LogP contribution is -2.42. The van der Waals surface area contributed by atoms with Gasteiger partial charge in [-0.25, -0.2) is 0 Å². The molecule has 1 amide bonds. The second-order valence-corrected chi connectivity index (χ2v) is 5.04. The normalized spacial score (nSPS) is 19.6. The number of carbonyl (C=O) groups excluding carboxylic acids is 1. The molecule has 0 bridgehead atoms. The van der Waals surface area contributed by atoms with Crippen molar-refractivity contribution >= 4 is 21.8 Å². The second-order valence-electron chi connectivity index (χ2n) is 3.94. The molecule has 1 fully saturated rings. The van der Waals surface area contributed by atoms with Gasteiger partial charge in [0.25, 0.3) is 0 Å². The van der Waals surface area contributed by atoms with E-state index in [2.05, 4.69) is 27.8 Å². The summed E-state index contributed by atoms with van der Waals surface area (Å²) >= 11 is 3.44. The third-order valence-electron chi connectivity index (χ3n) is 3.02. The first kappa shape index (κ1) is 12.0. The molecule has 0 saturated heterocycles. The zero-order valence-corrected chi connectivity index (χ0v) is 10.7. The van der Waals surface area contributed by atoms with E-state index in [0.717, 1.165) is 13.0 Å². The van der Waals surface area contributed by atoms with Gasteiger partial charge in [0.15, 0.2) is 0 Å². The van der Waals surface area contributed by atoms with Gasteiger partial charge in [0.1, 0.15) is 0 Å². The maximum atomic E-state index is 12.0. The Morgan fingerprint density at radius 2 is 2.00 bits per heavy atom. The van der Waals surface area contributed by atoms with Gasteiger partial charge in [0.2, 0.25) is 5.91 Å². The number of hydrogen-bond donors (Lipinski definition) is 0. The molecule has 0 spiro atoms. The number of hydrogen-bond acceptors (Lipinski definition) is 1. The fourth-order valence-electron chi connectivity index (χ4n) is 2.16. The average molecular weight is 262 g/mol. The summed E-state index contributed by atoms with van der Waals surface area (Å²) in [6, 6.07) is 0.513. The van der Waals surface area contributed by atoms with Gasteiger partial charge >= 0.3 is 0 Å². The third-order valence-corrected chi connectivity index (χ3v) is 4.05. The topological polar surface area (TPSA) is 20.3 Å². The van der Waals surface area contributed by atoms with E-state index in [1.165, 1.54) is 25.7 Å². The molecule has 2 nitrogen and oxygen atoms in total. The van der Waals surface area contributed by atoms with Crippen LogP contribution in [0.15, 0.2) is 0 Å². The van der Waals surface area contributed by atoms with Gasteiger partial charge in [0, 0.05) is 12.6 Å². The van der Waals surface area contributed by atoms with Crippen molar-refractivity contribution in [3.8, 4) is 0 Å². The van der Waals surface area contributed by atoms with E-state index in [9.17, 15) is 4.79 Å². The standard InChI is InChI=1S/C11H20BrNO/c1-3-10(12)11(14)13(4-2)9-7-5-6-8-9/h9-10H,3-8H2,1-2H3. The molecule has 0 heterocycles. The highest BCUT2D eigenvalue weighted by Gasteiger charge is 2.28. The third kappa shape index (κ3) is 2.72. The van der Waals surface area contributed by atoms with E-state index < -0.39 is 0 Å². The molecule has 0 aliphatic heterocycles. The lowest BCUT2D eigenvalue weighted by Gasteiger charge is -2.29. The Labute approximate surface area is 95.2 Å². The summed E-state index contributed by atoms with van der Waals surface area (Å²) in [7, 11) is 0. The molecule has 1 rings (SSSR count). The maximum Gasteiger partial charge on any atom is 0.236 e. The van der Waals surface area contributed by atoms with E-state index in [4.69, 9.17) is 0 Å². The highest BCUT2D eigenvalue weighted by atomic mass is 79.9. The monoisotopic (exact) mass is 261 g/mol. The van der Waals surface area contributed by atoms with Crippen molar-refractivity contribution in [1.82, 2.24) is 4.90 Å². The zero-order chi connectivity index (χ0) is 10.6. The van der Waals surface area contributed by atoms with Crippen LogP contribution in [0.3, 0.4) is 0 Å². The minimum Gasteiger partial charge on any atom is -0.339 e. The van der Waals surface area contributed by atoms with Gasteiger partial charge in [-0.3, -0.25) is 4.79 Å². The smallest absolute Gasteiger partial charge is 0.236 e. The number of amides is 1. The van der Waals surface area contributed by atoms with Crippen molar-refractivity contribution in [2.45, 2.75) is 56.8 Å². The van der Waals surface area contributed by atoms with Crippen LogP contribution < -0.4 is 0 Å². The number of rotatable bonds is 4. The predicted molar refractivity (Wildman–Crippen MR) is 62.6 cm³/mol. The highest BCUT2D eigenvalue weighted by molar-refractivity contribution is 9.10. The highest BCUT2D eigenvalue weighted by Crippen LogP contribution is 2.25. The van der Waals surface area contributed by atoms with Crippen LogP contribution in [0.5, 0.6) is 0 Å². The van der Waals surface area contributed by atoms with E-state index >= 15 is 0 Å². The molecule has 1 aliphatic carbocycles. The van der Waals surface area contributed by atoms with Crippen LogP contribution in [0, 0.1) is 0 Å². The van der Waals surface area contributed by atoms with Crippen LogP contribution >= 0.6 is 15.9 Å². The fraction of sp³-hybridized carbons (Fsp3) is 0.909. The maximum absolute atomic E-state index is 12.0. The van der Waals surface area contributed by atoms with Crippen molar-refractivity contribution in [3.63, 3.8) is 0 Å². The summed E-state index contributed by atoms with van der Waals surface area (Å²) in [5.41, 5.74) is 0. The molecule has 3 heteroatoms. The van der Waals surface area contributed by atoms with Crippen LogP contribution in [0.1, 0.15) is 46.0 Å². The summed E-state index contributed by atoms with van der Waals surface area (Å²) in [5.74, 6) is 0.280. The minimum atomic E-state index is 0.0167. The first-order valence-electron chi connectivity index (χ1n) is 5.65. The fourth-order valence-corrected chi connectivity index (χ4v) is 2.43. The van der Waals surface area contributed by atoms with E-state index in [1.54, 1.807) is 0 Å². The first-order chi connectivity index (χ1) is 6.70. The van der Waals surface area contributed by atoms with Crippen LogP contribution in [-0.4, -0.2) is 28.2 Å². The van der Waals surface area contributed by atoms with Crippen molar-refractivity contribution in [1.29, 1.82) is 0 Å². The average Bonchev–Trinajstić information content (AvgIpc) is 2.71. The molecule has 1 unspecified atom stereocenters. The molecular formula is C11H20BrNO. The van der Waals surface area contributed by atoms with Gasteiger partial charge in [-0.2, -0.15) is 0 Å². The van der Waals surface area contributed by atoms with Crippen LogP contribution in [0.4, 0.5) is 0 Å². The van der Waals surface area contributed by atoms with Crippen molar-refractivity contribution in [2.24, 2.45) is 0 Å². The number of nitrogens with zero attached hydrogens (tertiary/aromatic N) is 1. The zero-order valence-electron chi connectivity index (χ0n) is 9.13. The molecule has 0 aromatic carbocycles. The van der Waals surface area contributed by atoms with Crippen LogP contribution in [0.25, 0.3) is 0 Å². The number of halogens is 1. The first-order valence-corrected chi connectivity index (χ1v) is 6.56. The molecular weight excluding hydrogens is 242 g/mol. The Bertz CT molecular complexity index is 190. The molecule has 1 aliphatic rings. The van der Waals surface area contributed by atoms with E-state index in [0.29, 0.717) is 6.04 Å². The minimum absolute atomic E-state index is 0.0167. The molecule has 1 atom stereocenters. The van der Waals surface area contributed by atoms with Gasteiger partial charge in [-0.05, 0) is 26.2 Å². The Balaban J connectivity index is 2.55. The molecule has 0 aromatic heterocycles. The van der Waals surface area contributed by atoms with Crippen molar-refractivity contribution in [2.75, 3.05) is 6.54 Å². The van der Waals surface area contributed by atoms with Crippen molar-refractivity contribution < 1.29 is 4.79 Å². The lowest BCUT2D eigenvalue weighted by molar-refractivity contribution is -0.132. The van der Waals surface area contributed by atoms with Gasteiger partial charge in [0.05, 0.1) is 4.83 Å². The molecule has 82 valence electrons. The second kappa shape index (κ2) is 5.74. The lowest BCUT2D eigenvalue weighted by atomic mass is 10.2. The largest absolute Gasteiger partial charge is 0.339 e. The van der Waals surface area contributed by atoms with Gasteiger partial charge in [-0.15, -0.1) is 0 Å². The molecule has 0 N–H and O–H groups in total. The molecule has 1 saturated carbocycles. The van der Waals surface area contributed by atoms with Crippen LogP contribution in [0.2, 0.25) is 0 Å². The Morgan fingerprint density at radius 1 is 1.43 bits per heavy atom.